The smallest absolute Gasteiger partial charge is 0.416 e. The number of guanidine groups is 1. The van der Waals surface area contributed by atoms with Crippen LogP contribution in [0.4, 0.5) is 18.9 Å². The predicted molar refractivity (Wildman–Crippen MR) is 92.9 cm³/mol. The number of aliphatic imine (C=N–C) groups is 1. The Morgan fingerprint density at radius 1 is 1.12 bits per heavy atom. The molecule has 134 valence electrons. The summed E-state index contributed by atoms with van der Waals surface area (Å²) in [5.74, 6) is 0.188. The molecule has 25 heavy (non-hydrogen) atoms. The lowest BCUT2D eigenvalue weighted by molar-refractivity contribution is -0.138. The van der Waals surface area contributed by atoms with E-state index in [1.807, 2.05) is 32.0 Å². The van der Waals surface area contributed by atoms with E-state index in [1.165, 1.54) is 19.2 Å². The summed E-state index contributed by atoms with van der Waals surface area (Å²) in [6.07, 6.45) is -4.49. The van der Waals surface area contributed by atoms with E-state index in [4.69, 9.17) is 10.5 Å². The number of hydrogen-bond acceptors (Lipinski definition) is 2. The average Bonchev–Trinajstić information content (AvgIpc) is 2.55. The second-order valence-electron chi connectivity index (χ2n) is 5.65. The molecule has 0 heterocycles. The monoisotopic (exact) mass is 351 g/mol. The first-order chi connectivity index (χ1) is 11.7. The Morgan fingerprint density at radius 3 is 2.44 bits per heavy atom. The van der Waals surface area contributed by atoms with Crippen LogP contribution in [0, 0.1) is 13.8 Å². The van der Waals surface area contributed by atoms with E-state index >= 15 is 0 Å². The zero-order chi connectivity index (χ0) is 18.6. The van der Waals surface area contributed by atoms with Crippen molar-refractivity contribution in [3.63, 3.8) is 0 Å². The van der Waals surface area contributed by atoms with E-state index in [0.717, 1.165) is 22.9 Å². The zero-order valence-corrected chi connectivity index (χ0v) is 14.2. The Labute approximate surface area is 144 Å². The zero-order valence-electron chi connectivity index (χ0n) is 14.2. The van der Waals surface area contributed by atoms with Crippen LogP contribution in [0.2, 0.25) is 0 Å². The average molecular weight is 351 g/mol. The molecule has 0 spiro atoms. The molecule has 0 bridgehead atoms. The van der Waals surface area contributed by atoms with Crippen LogP contribution in [0.3, 0.4) is 0 Å². The van der Waals surface area contributed by atoms with Crippen LogP contribution in [-0.4, -0.2) is 13.1 Å². The molecule has 0 aliphatic rings. The van der Waals surface area contributed by atoms with Gasteiger partial charge in [-0.1, -0.05) is 12.1 Å². The van der Waals surface area contributed by atoms with E-state index in [2.05, 4.69) is 10.3 Å². The number of benzene rings is 2. The summed E-state index contributed by atoms with van der Waals surface area (Å²) in [6, 6.07) is 9.42. The molecule has 0 radical (unpaired) electrons. The van der Waals surface area contributed by atoms with Gasteiger partial charge in [-0.15, -0.1) is 0 Å². The van der Waals surface area contributed by atoms with Gasteiger partial charge in [0.15, 0.2) is 5.96 Å². The number of nitrogens with zero attached hydrogens (tertiary/aromatic N) is 1. The molecule has 4 nitrogen and oxygen atoms in total. The van der Waals surface area contributed by atoms with Gasteiger partial charge >= 0.3 is 6.18 Å². The van der Waals surface area contributed by atoms with Gasteiger partial charge in [-0.05, 0) is 54.8 Å². The normalized spacial score (nSPS) is 12.2. The summed E-state index contributed by atoms with van der Waals surface area (Å²) in [4.78, 5) is 4.01. The molecular weight excluding hydrogens is 331 g/mol. The minimum absolute atomic E-state index is 0.0261. The first-order valence-corrected chi connectivity index (χ1v) is 7.59. The molecule has 0 unspecified atom stereocenters. The van der Waals surface area contributed by atoms with Gasteiger partial charge < -0.3 is 15.8 Å². The first kappa shape index (κ1) is 18.6. The van der Waals surface area contributed by atoms with Crippen LogP contribution >= 0.6 is 0 Å². The molecule has 3 N–H and O–H groups in total. The van der Waals surface area contributed by atoms with Gasteiger partial charge in [-0.25, -0.2) is 4.99 Å². The fourth-order valence-corrected chi connectivity index (χ4v) is 2.26. The number of ether oxygens (including phenoxy) is 1. The van der Waals surface area contributed by atoms with Crippen molar-refractivity contribution in [2.24, 2.45) is 10.7 Å². The number of nitrogens with one attached hydrogen (secondary N) is 1. The van der Waals surface area contributed by atoms with Gasteiger partial charge in [0, 0.05) is 5.69 Å². The van der Waals surface area contributed by atoms with Crippen LogP contribution in [-0.2, 0) is 12.7 Å². The molecule has 0 aromatic heterocycles. The third kappa shape index (κ3) is 4.89. The van der Waals surface area contributed by atoms with Crippen molar-refractivity contribution < 1.29 is 17.9 Å². The van der Waals surface area contributed by atoms with Gasteiger partial charge in [0.1, 0.15) is 5.75 Å². The molecular formula is C18H20F3N3O. The van der Waals surface area contributed by atoms with Crippen molar-refractivity contribution >= 4 is 11.6 Å². The van der Waals surface area contributed by atoms with E-state index < -0.39 is 11.7 Å². The summed E-state index contributed by atoms with van der Waals surface area (Å²) < 4.78 is 44.4. The van der Waals surface area contributed by atoms with E-state index in [9.17, 15) is 13.2 Å². The van der Waals surface area contributed by atoms with E-state index in [-0.39, 0.29) is 23.8 Å². The highest BCUT2D eigenvalue weighted by Gasteiger charge is 2.33. The molecule has 2 aromatic rings. The van der Waals surface area contributed by atoms with Crippen LogP contribution in [0.25, 0.3) is 0 Å². The van der Waals surface area contributed by atoms with Crippen molar-refractivity contribution in [2.45, 2.75) is 26.6 Å². The third-order valence-corrected chi connectivity index (χ3v) is 3.82. The van der Waals surface area contributed by atoms with Gasteiger partial charge in [0.05, 0.1) is 19.2 Å². The van der Waals surface area contributed by atoms with Crippen LogP contribution < -0.4 is 15.8 Å². The van der Waals surface area contributed by atoms with E-state index in [1.54, 1.807) is 0 Å². The van der Waals surface area contributed by atoms with Crippen LogP contribution in [0.15, 0.2) is 41.4 Å². The minimum Gasteiger partial charge on any atom is -0.497 e. The molecule has 0 saturated carbocycles. The van der Waals surface area contributed by atoms with Crippen molar-refractivity contribution in [2.75, 3.05) is 12.4 Å². The maximum Gasteiger partial charge on any atom is 0.416 e. The van der Waals surface area contributed by atoms with Gasteiger partial charge in [0.2, 0.25) is 0 Å². The highest BCUT2D eigenvalue weighted by Crippen LogP contribution is 2.34. The fraction of sp³-hybridized carbons (Fsp3) is 0.278. The number of halogens is 3. The maximum absolute atomic E-state index is 13.2. The molecule has 0 aliphatic carbocycles. The van der Waals surface area contributed by atoms with Crippen LogP contribution in [0.1, 0.15) is 22.3 Å². The number of nitrogens with two attached hydrogens (primary N) is 1. The Kier molecular flexibility index (Phi) is 5.56. The Morgan fingerprint density at radius 2 is 1.84 bits per heavy atom. The molecule has 0 amide bonds. The lowest BCUT2D eigenvalue weighted by Gasteiger charge is -2.13. The quantitative estimate of drug-likeness (QED) is 0.639. The fourth-order valence-electron chi connectivity index (χ4n) is 2.26. The Balaban J connectivity index is 2.18. The Bertz CT molecular complexity index is 786. The summed E-state index contributed by atoms with van der Waals surface area (Å²) >= 11 is 0. The number of hydrogen-bond donors (Lipinski definition) is 2. The standard InChI is InChI=1S/C18H20F3N3O/c1-11-4-6-14(8-12(11)2)24-17(22)23-10-13-5-7-15(25-3)9-16(13)18(19,20)21/h4-9H,10H2,1-3H3,(H3,22,23,24). The number of aryl methyl sites for hydroxylation is 2. The molecule has 0 fully saturated rings. The molecule has 2 rings (SSSR count). The Hall–Kier alpha value is -2.70. The lowest BCUT2D eigenvalue weighted by atomic mass is 10.1. The largest absolute Gasteiger partial charge is 0.497 e. The molecule has 7 heteroatoms. The van der Waals surface area contributed by atoms with Crippen molar-refractivity contribution in [3.8, 4) is 5.75 Å². The number of anilines is 1. The lowest BCUT2D eigenvalue weighted by Crippen LogP contribution is -2.23. The van der Waals surface area contributed by atoms with Crippen molar-refractivity contribution in [1.82, 2.24) is 0 Å². The predicted octanol–water partition coefficient (Wildman–Crippen LogP) is 4.26. The number of alkyl halides is 3. The summed E-state index contributed by atoms with van der Waals surface area (Å²) in [5, 5.41) is 2.88. The second kappa shape index (κ2) is 7.46. The summed E-state index contributed by atoms with van der Waals surface area (Å²) in [6.45, 7) is 3.75. The summed E-state index contributed by atoms with van der Waals surface area (Å²) in [5.41, 5.74) is 7.97. The van der Waals surface area contributed by atoms with Crippen molar-refractivity contribution in [1.29, 1.82) is 0 Å². The molecule has 0 aliphatic heterocycles. The molecule has 2 aromatic carbocycles. The van der Waals surface area contributed by atoms with E-state index in [0.29, 0.717) is 0 Å². The highest BCUT2D eigenvalue weighted by molar-refractivity contribution is 5.92. The van der Waals surface area contributed by atoms with Gasteiger partial charge in [-0.3, -0.25) is 0 Å². The topological polar surface area (TPSA) is 59.6 Å². The van der Waals surface area contributed by atoms with Crippen molar-refractivity contribution in [3.05, 3.63) is 58.7 Å². The van der Waals surface area contributed by atoms with Gasteiger partial charge in [0.25, 0.3) is 0 Å². The van der Waals surface area contributed by atoms with Gasteiger partial charge in [-0.2, -0.15) is 13.2 Å². The SMILES string of the molecule is COc1ccc(CN=C(N)Nc2ccc(C)c(C)c2)c(C(F)(F)F)c1. The first-order valence-electron chi connectivity index (χ1n) is 7.59. The highest BCUT2D eigenvalue weighted by atomic mass is 19.4. The second-order valence-corrected chi connectivity index (χ2v) is 5.65. The number of methoxy groups -OCH3 is 1. The molecule has 0 saturated heterocycles. The minimum atomic E-state index is -4.49. The molecule has 0 atom stereocenters. The number of rotatable bonds is 4. The maximum atomic E-state index is 13.2. The summed E-state index contributed by atoms with van der Waals surface area (Å²) in [7, 11) is 1.32. The third-order valence-electron chi connectivity index (χ3n) is 3.82. The van der Waals surface area contributed by atoms with Crippen LogP contribution in [0.5, 0.6) is 5.75 Å².